The van der Waals surface area contributed by atoms with Crippen LogP contribution in [0.1, 0.15) is 5.56 Å². The Bertz CT molecular complexity index is 1260. The van der Waals surface area contributed by atoms with Crippen molar-refractivity contribution in [3.63, 3.8) is 0 Å². The number of thioether (sulfide) groups is 1. The third-order valence-electron chi connectivity index (χ3n) is 4.42. The quantitative estimate of drug-likeness (QED) is 0.350. The zero-order valence-electron chi connectivity index (χ0n) is 16.8. The maximum atomic E-state index is 12.9. The van der Waals surface area contributed by atoms with E-state index in [1.165, 1.54) is 12.1 Å². The van der Waals surface area contributed by atoms with Crippen LogP contribution in [0, 0.1) is 0 Å². The van der Waals surface area contributed by atoms with Crippen LogP contribution in [0.2, 0.25) is 5.02 Å². The minimum Gasteiger partial charge on any atom is -0.325 e. The van der Waals surface area contributed by atoms with E-state index in [1.54, 1.807) is 47.2 Å². The first-order valence-electron chi connectivity index (χ1n) is 9.54. The molecule has 0 aliphatic rings. The molecule has 0 bridgehead atoms. The van der Waals surface area contributed by atoms with E-state index in [4.69, 9.17) is 11.6 Å². The summed E-state index contributed by atoms with van der Waals surface area (Å²) in [5.41, 5.74) is 0.519. The molecule has 1 N–H and O–H groups in total. The largest absolute Gasteiger partial charge is 0.416 e. The zero-order valence-corrected chi connectivity index (χ0v) is 18.3. The monoisotopic (exact) mass is 489 g/mol. The number of alkyl halides is 3. The second-order valence-electron chi connectivity index (χ2n) is 6.75. The number of halogens is 4. The first-order chi connectivity index (χ1) is 15.8. The number of pyridine rings is 1. The number of hydrogen-bond acceptors (Lipinski definition) is 5. The number of aromatic nitrogens is 4. The van der Waals surface area contributed by atoms with Crippen LogP contribution in [-0.2, 0) is 11.0 Å². The van der Waals surface area contributed by atoms with Gasteiger partial charge >= 0.3 is 6.18 Å². The van der Waals surface area contributed by atoms with E-state index >= 15 is 0 Å². The Morgan fingerprint density at radius 2 is 1.82 bits per heavy atom. The molecule has 0 fully saturated rings. The molecule has 4 aromatic rings. The number of nitrogens with zero attached hydrogens (tertiary/aromatic N) is 4. The Labute approximate surface area is 195 Å². The molecular formula is C22H15ClF3N5OS. The summed E-state index contributed by atoms with van der Waals surface area (Å²) in [6.45, 7) is 0. The standard InChI is InChI=1S/C22H15ClF3N5OS/c23-15-7-9-17(10-8-15)31-20(18-6-1-2-11-27-18)29-30-21(31)33-13-19(32)28-16-5-3-4-14(12-16)22(24,25)26/h1-12H,13H2,(H,28,32). The number of carbonyl (C=O) groups is 1. The average Bonchev–Trinajstić information content (AvgIpc) is 3.22. The summed E-state index contributed by atoms with van der Waals surface area (Å²) in [5.74, 6) is -0.104. The highest BCUT2D eigenvalue weighted by atomic mass is 35.5. The molecule has 0 saturated heterocycles. The van der Waals surface area contributed by atoms with Gasteiger partial charge in [0.1, 0.15) is 5.69 Å². The van der Waals surface area contributed by atoms with Crippen molar-refractivity contribution in [1.29, 1.82) is 0 Å². The number of benzene rings is 2. The topological polar surface area (TPSA) is 72.7 Å². The lowest BCUT2D eigenvalue weighted by Gasteiger charge is -2.11. The molecule has 0 atom stereocenters. The van der Waals surface area contributed by atoms with Gasteiger partial charge in [0.05, 0.1) is 11.3 Å². The van der Waals surface area contributed by atoms with E-state index in [-0.39, 0.29) is 11.4 Å². The number of amides is 1. The molecule has 0 saturated carbocycles. The third kappa shape index (κ3) is 5.52. The van der Waals surface area contributed by atoms with Crippen LogP contribution in [-0.4, -0.2) is 31.4 Å². The maximum Gasteiger partial charge on any atom is 0.416 e. The lowest BCUT2D eigenvalue weighted by Crippen LogP contribution is -2.15. The van der Waals surface area contributed by atoms with Crippen molar-refractivity contribution in [2.45, 2.75) is 11.3 Å². The normalized spacial score (nSPS) is 11.4. The van der Waals surface area contributed by atoms with Gasteiger partial charge in [-0.05, 0) is 54.6 Å². The van der Waals surface area contributed by atoms with Gasteiger partial charge in [0.15, 0.2) is 11.0 Å². The second-order valence-corrected chi connectivity index (χ2v) is 8.13. The Balaban J connectivity index is 1.55. The lowest BCUT2D eigenvalue weighted by molar-refractivity contribution is -0.137. The highest BCUT2D eigenvalue weighted by molar-refractivity contribution is 7.99. The van der Waals surface area contributed by atoms with Gasteiger partial charge in [-0.1, -0.05) is 35.5 Å². The molecule has 0 unspecified atom stereocenters. The molecular weight excluding hydrogens is 475 g/mol. The number of carbonyl (C=O) groups excluding carboxylic acids is 1. The van der Waals surface area contributed by atoms with Crippen molar-refractivity contribution < 1.29 is 18.0 Å². The summed E-state index contributed by atoms with van der Waals surface area (Å²) in [4.78, 5) is 16.7. The minimum absolute atomic E-state index is 0.0590. The van der Waals surface area contributed by atoms with Crippen LogP contribution >= 0.6 is 23.4 Å². The SMILES string of the molecule is O=C(CSc1nnc(-c2ccccn2)n1-c1ccc(Cl)cc1)Nc1cccc(C(F)(F)F)c1. The fourth-order valence-corrected chi connectivity index (χ4v) is 3.83. The van der Waals surface area contributed by atoms with Crippen molar-refractivity contribution in [3.05, 3.63) is 83.5 Å². The van der Waals surface area contributed by atoms with Crippen molar-refractivity contribution in [1.82, 2.24) is 19.7 Å². The van der Waals surface area contributed by atoms with E-state index in [0.717, 1.165) is 23.9 Å². The molecule has 0 radical (unpaired) electrons. The van der Waals surface area contributed by atoms with Gasteiger partial charge in [-0.15, -0.1) is 10.2 Å². The summed E-state index contributed by atoms with van der Waals surface area (Å²) < 4.78 is 40.4. The van der Waals surface area contributed by atoms with Gasteiger partial charge in [-0.2, -0.15) is 13.2 Å². The smallest absolute Gasteiger partial charge is 0.325 e. The Morgan fingerprint density at radius 3 is 2.52 bits per heavy atom. The predicted molar refractivity (Wildman–Crippen MR) is 120 cm³/mol. The van der Waals surface area contributed by atoms with Crippen LogP contribution in [0.25, 0.3) is 17.2 Å². The van der Waals surface area contributed by atoms with Crippen LogP contribution in [0.15, 0.2) is 78.1 Å². The summed E-state index contributed by atoms with van der Waals surface area (Å²) in [6, 6.07) is 16.8. The zero-order chi connectivity index (χ0) is 23.4. The minimum atomic E-state index is -4.49. The average molecular weight is 490 g/mol. The molecule has 4 rings (SSSR count). The first-order valence-corrected chi connectivity index (χ1v) is 10.9. The Morgan fingerprint density at radius 1 is 1.03 bits per heavy atom. The summed E-state index contributed by atoms with van der Waals surface area (Å²) in [6.07, 6.45) is -2.86. The molecule has 0 aliphatic heterocycles. The third-order valence-corrected chi connectivity index (χ3v) is 5.60. The molecule has 0 aliphatic carbocycles. The molecule has 33 heavy (non-hydrogen) atoms. The highest BCUT2D eigenvalue weighted by Crippen LogP contribution is 2.31. The molecule has 1 amide bonds. The fraction of sp³-hybridized carbons (Fsp3) is 0.0909. The van der Waals surface area contributed by atoms with Gasteiger partial charge in [-0.3, -0.25) is 14.3 Å². The maximum absolute atomic E-state index is 12.9. The van der Waals surface area contributed by atoms with E-state index in [0.29, 0.717) is 27.4 Å². The highest BCUT2D eigenvalue weighted by Gasteiger charge is 2.30. The van der Waals surface area contributed by atoms with Gasteiger partial charge in [0.2, 0.25) is 5.91 Å². The Kier molecular flexibility index (Phi) is 6.66. The van der Waals surface area contributed by atoms with Crippen LogP contribution in [0.5, 0.6) is 0 Å². The Hall–Kier alpha value is -3.37. The van der Waals surface area contributed by atoms with Crippen molar-refractivity contribution >= 4 is 35.0 Å². The molecule has 2 aromatic carbocycles. The van der Waals surface area contributed by atoms with Crippen LogP contribution < -0.4 is 5.32 Å². The van der Waals surface area contributed by atoms with E-state index in [1.807, 2.05) is 6.07 Å². The number of rotatable bonds is 6. The lowest BCUT2D eigenvalue weighted by atomic mass is 10.2. The number of hydrogen-bond donors (Lipinski definition) is 1. The van der Waals surface area contributed by atoms with Crippen LogP contribution in [0.4, 0.5) is 18.9 Å². The molecule has 11 heteroatoms. The molecule has 168 valence electrons. The second kappa shape index (κ2) is 9.63. The number of anilines is 1. The molecule has 2 heterocycles. The molecule has 0 spiro atoms. The van der Waals surface area contributed by atoms with Gasteiger partial charge in [0.25, 0.3) is 0 Å². The van der Waals surface area contributed by atoms with Gasteiger partial charge in [-0.25, -0.2) is 0 Å². The van der Waals surface area contributed by atoms with Gasteiger partial charge < -0.3 is 5.32 Å². The predicted octanol–water partition coefficient (Wildman–Crippen LogP) is 5.73. The van der Waals surface area contributed by atoms with E-state index in [2.05, 4.69) is 20.5 Å². The van der Waals surface area contributed by atoms with Gasteiger partial charge in [0, 0.05) is 22.6 Å². The summed E-state index contributed by atoms with van der Waals surface area (Å²) in [7, 11) is 0. The summed E-state index contributed by atoms with van der Waals surface area (Å²) in [5, 5.41) is 11.9. The molecule has 2 aromatic heterocycles. The van der Waals surface area contributed by atoms with E-state index < -0.39 is 17.6 Å². The summed E-state index contributed by atoms with van der Waals surface area (Å²) >= 11 is 7.10. The first kappa shape index (κ1) is 22.8. The fourth-order valence-electron chi connectivity index (χ4n) is 2.95. The molecule has 6 nitrogen and oxygen atoms in total. The van der Waals surface area contributed by atoms with E-state index in [9.17, 15) is 18.0 Å². The number of nitrogens with one attached hydrogen (secondary N) is 1. The van der Waals surface area contributed by atoms with Crippen molar-refractivity contribution in [2.24, 2.45) is 0 Å². The van der Waals surface area contributed by atoms with Crippen molar-refractivity contribution in [3.8, 4) is 17.2 Å². The van der Waals surface area contributed by atoms with Crippen LogP contribution in [0.3, 0.4) is 0 Å². The van der Waals surface area contributed by atoms with Crippen molar-refractivity contribution in [2.75, 3.05) is 11.1 Å².